The summed E-state index contributed by atoms with van der Waals surface area (Å²) in [6.07, 6.45) is 15.9. The van der Waals surface area contributed by atoms with Crippen LogP contribution in [-0.4, -0.2) is 112 Å². The number of nitrogens with one attached hydrogen (secondary N) is 3. The highest BCUT2D eigenvalue weighted by atomic mass is 32.2. The minimum atomic E-state index is -4.08. The first-order valence-electron chi connectivity index (χ1n) is 40.8. The molecule has 1 amide bonds. The quantitative estimate of drug-likeness (QED) is 0.0193. The fourth-order valence-electron chi connectivity index (χ4n) is 14.7. The number of oxazole rings is 1. The van der Waals surface area contributed by atoms with Crippen LogP contribution in [0.25, 0.3) is 50.7 Å². The lowest BCUT2D eigenvalue weighted by Gasteiger charge is -2.20. The number of cyclic esters (lactones) is 1. The number of fused-ring (bicyclic) bond motifs is 1. The summed E-state index contributed by atoms with van der Waals surface area (Å²) in [6, 6.07) is 62.4. The van der Waals surface area contributed by atoms with Gasteiger partial charge in [-0.1, -0.05) is 147 Å². The fourth-order valence-corrected chi connectivity index (χ4v) is 18.7. The van der Waals surface area contributed by atoms with E-state index in [9.17, 15) is 80.5 Å². The summed E-state index contributed by atoms with van der Waals surface area (Å²) >= 11 is 0. The lowest BCUT2D eigenvalue weighted by molar-refractivity contribution is -0.384. The van der Waals surface area contributed by atoms with Crippen LogP contribution >= 0.6 is 0 Å². The molecule has 2 fully saturated rings. The standard InChI is InChI=1S/C18H17F.C17H14N2O6S.C17H14O4S.C16H19FN2O3S.C14H19NO3S.C13H12N2O5S/c1-13-5-7-14(8-6-13)17-3-2-4-18(17)15-9-11-16(19)12-10-15;1-26(22,23)19-13-8-15-12(17(21)14(9-24-15)18-10-20)7-16(13)25-11-5-3-2-4-6-11;1-22(19,20)14-9-7-12(8-10-14)15-11-21-17(18)16(15)13-5-3-2-4-6-13;1-10-19-15(11-5-3-2-4-6-11)16(22-10)12-7-8-14(13(17)9-12)23(18,20)21;1-4-15-6-5-13(19(15,17)18)9-12-7-10(2)14(16)11(3)8-12;1-21(18,19)14-12-8-7-10(15(16)17)9-13(12)20-11-5-3-2-4-6-11/h5-12H,2-4H2,1H3;2-10,19H,1H3,(H,18,20);2-10H,11H2,1H3;7-9,11H,2-6H2,1H3,(H2,18,20,21);7-9,16H,4-6H2,1-3H3;2-9,14H,1H3/b;;;;13-9+;. The number of aromatic nitrogens is 1. The van der Waals surface area contributed by atoms with Gasteiger partial charge < -0.3 is 33.5 Å². The molecule has 0 unspecified atom stereocenters. The Labute approximate surface area is 752 Å². The van der Waals surface area contributed by atoms with Gasteiger partial charge in [-0.2, -0.15) is 4.31 Å². The number of hydrogen-bond acceptors (Lipinski definition) is 22. The van der Waals surface area contributed by atoms with Crippen LogP contribution in [0.1, 0.15) is 127 Å². The van der Waals surface area contributed by atoms with E-state index in [0.29, 0.717) is 71.0 Å². The van der Waals surface area contributed by atoms with Crippen molar-refractivity contribution in [1.82, 2.24) is 9.29 Å². The summed E-state index contributed by atoms with van der Waals surface area (Å²) in [6.45, 7) is 10.6. The molecular weight excluding hydrogens is 1770 g/mol. The van der Waals surface area contributed by atoms with Crippen LogP contribution in [0.5, 0.6) is 28.7 Å². The van der Waals surface area contributed by atoms with E-state index in [4.69, 9.17) is 28.2 Å². The molecule has 2 aromatic heterocycles. The molecule has 10 aromatic carbocycles. The summed E-state index contributed by atoms with van der Waals surface area (Å²) in [4.78, 5) is 49.9. The van der Waals surface area contributed by atoms with E-state index in [1.54, 1.807) is 122 Å². The molecule has 4 heterocycles. The number of halogens is 2. The molecule has 16 rings (SSSR count). The number of hydrogen-bond donors (Lipinski definition) is 5. The second-order valence-corrected chi connectivity index (χ2v) is 39.7. The number of carbonyl (C=O) groups is 2. The molecule has 12 aromatic rings. The van der Waals surface area contributed by atoms with E-state index in [0.717, 1.165) is 108 Å². The SMILES string of the molecule is CCN1CC/C(=C\c2cc(C)c(O)c(C)c2)S1(=O)=O.CS(=O)(=O)Nc1cc2occ(NC=O)c(=O)c2cc1Oc1ccccc1.CS(=O)(=O)Nc1ccc([N+](=O)[O-])cc1Oc1ccccc1.CS(=O)(=O)c1ccc(C2=C(c3ccccc3)C(=O)OC2)cc1.Cc1ccc(C2=C(c3ccc(F)cc3)CCC2)cc1.Cc1nc(C2CCCCC2)c(-c2ccc(S(N)(=O)=O)c(F)c2)o1. The number of phenols is 1. The highest BCUT2D eigenvalue weighted by Gasteiger charge is 2.33. The number of non-ortho nitro benzene ring substituents is 1. The summed E-state index contributed by atoms with van der Waals surface area (Å²) in [7, 11) is -17.7. The number of anilines is 3. The van der Waals surface area contributed by atoms with Gasteiger partial charge in [0.05, 0.1) is 61.3 Å². The first-order chi connectivity index (χ1) is 61.6. The summed E-state index contributed by atoms with van der Waals surface area (Å²) < 4.78 is 177. The van der Waals surface area contributed by atoms with Gasteiger partial charge >= 0.3 is 5.97 Å². The molecule has 0 atom stereocenters. The molecule has 28 nitrogen and oxygen atoms in total. The van der Waals surface area contributed by atoms with Crippen molar-refractivity contribution in [2.24, 2.45) is 5.14 Å². The molecule has 2 aliphatic heterocycles. The molecule has 0 bridgehead atoms. The average Bonchev–Trinajstić information content (AvgIpc) is 1.31. The van der Waals surface area contributed by atoms with Crippen molar-refractivity contribution >= 4 is 124 Å². The molecule has 1 saturated carbocycles. The number of carbonyl (C=O) groups excluding carboxylic acids is 2. The van der Waals surface area contributed by atoms with Gasteiger partial charge in [0.15, 0.2) is 33.0 Å². The van der Waals surface area contributed by atoms with Crippen molar-refractivity contribution in [3.05, 3.63) is 324 Å². The zero-order chi connectivity index (χ0) is 94.0. The summed E-state index contributed by atoms with van der Waals surface area (Å²) in [5.41, 5.74) is 12.8. The molecule has 0 spiro atoms. The third-order valence-corrected chi connectivity index (χ3v) is 26.2. The number of primary sulfonamides is 1. The first-order valence-corrected chi connectivity index (χ1v) is 49.4. The number of sulfone groups is 1. The number of nitro benzene ring substituents is 1. The Hall–Kier alpha value is -13.3. The number of para-hydroxylation sites is 2. The third-order valence-electron chi connectivity index (χ3n) is 20.9. The topological polar surface area (TPSA) is 417 Å². The number of benzene rings is 10. The van der Waals surface area contributed by atoms with Crippen LogP contribution in [0, 0.1) is 49.4 Å². The normalized spacial score (nSPS) is 14.8. The molecule has 680 valence electrons. The van der Waals surface area contributed by atoms with Gasteiger partial charge in [-0.15, -0.1) is 0 Å². The van der Waals surface area contributed by atoms with Crippen molar-refractivity contribution in [2.75, 3.05) is 53.2 Å². The number of nitrogens with two attached hydrogens (primary N) is 1. The van der Waals surface area contributed by atoms with E-state index in [-0.39, 0.29) is 74.3 Å². The van der Waals surface area contributed by atoms with Crippen molar-refractivity contribution in [3.8, 4) is 40.1 Å². The maximum Gasteiger partial charge on any atom is 0.339 e. The smallest absolute Gasteiger partial charge is 0.339 e. The highest BCUT2D eigenvalue weighted by molar-refractivity contribution is 7.93. The van der Waals surface area contributed by atoms with Crippen LogP contribution in [0.4, 0.5) is 31.5 Å². The molecule has 35 heteroatoms. The Balaban J connectivity index is 0.000000151. The van der Waals surface area contributed by atoms with Crippen LogP contribution in [0.3, 0.4) is 0 Å². The predicted molar refractivity (Wildman–Crippen MR) is 497 cm³/mol. The van der Waals surface area contributed by atoms with Gasteiger partial charge in [0.2, 0.25) is 51.9 Å². The summed E-state index contributed by atoms with van der Waals surface area (Å²) in [5, 5.41) is 27.9. The van der Waals surface area contributed by atoms with Crippen molar-refractivity contribution < 1.29 is 93.5 Å². The van der Waals surface area contributed by atoms with E-state index in [1.807, 2.05) is 63.2 Å². The molecular formula is C95H95F2N7O21S5. The first kappa shape index (κ1) is 97.3. The highest BCUT2D eigenvalue weighted by Crippen LogP contribution is 2.43. The Morgan fingerprint density at radius 3 is 1.69 bits per heavy atom. The van der Waals surface area contributed by atoms with Gasteiger partial charge in [-0.3, -0.25) is 29.1 Å². The Morgan fingerprint density at radius 2 is 1.16 bits per heavy atom. The number of phenolic OH excluding ortho intramolecular Hbond substituents is 1. The van der Waals surface area contributed by atoms with Crippen LogP contribution in [-0.2, 0) is 64.3 Å². The van der Waals surface area contributed by atoms with Gasteiger partial charge in [0, 0.05) is 55.5 Å². The third kappa shape index (κ3) is 26.0. The molecule has 2 aliphatic carbocycles. The number of nitro groups is 1. The molecule has 4 aliphatic rings. The fraction of sp³-hybridized carbons (Fsp3) is 0.221. The lowest BCUT2D eigenvalue weighted by atomic mass is 9.85. The lowest BCUT2D eigenvalue weighted by Crippen LogP contribution is -2.24. The second-order valence-electron chi connectivity index (χ2n) is 30.7. The van der Waals surface area contributed by atoms with Crippen LogP contribution < -0.4 is 34.8 Å². The van der Waals surface area contributed by atoms with E-state index in [2.05, 4.69) is 50.9 Å². The van der Waals surface area contributed by atoms with E-state index < -0.39 is 71.0 Å². The van der Waals surface area contributed by atoms with Crippen LogP contribution in [0.15, 0.2) is 259 Å². The number of nitrogens with zero attached hydrogens (tertiary/aromatic N) is 3. The minimum absolute atomic E-state index is 0.0398. The van der Waals surface area contributed by atoms with Gasteiger partial charge in [0.25, 0.3) is 5.69 Å². The number of esters is 1. The Bertz CT molecular complexity index is 6860. The van der Waals surface area contributed by atoms with Gasteiger partial charge in [-0.25, -0.2) is 65.8 Å². The Morgan fingerprint density at radius 1 is 0.623 bits per heavy atom. The number of rotatable bonds is 21. The minimum Gasteiger partial charge on any atom is -0.507 e. The number of sulfonamides is 4. The zero-order valence-electron chi connectivity index (χ0n) is 72.0. The largest absolute Gasteiger partial charge is 0.507 e. The van der Waals surface area contributed by atoms with Gasteiger partial charge in [0.1, 0.15) is 57.9 Å². The monoisotopic (exact) mass is 1870 g/mol. The number of aryl methyl sites for hydroxylation is 4. The maximum atomic E-state index is 14.1. The van der Waals surface area contributed by atoms with Crippen LogP contribution in [0.2, 0.25) is 0 Å². The average molecular weight is 1870 g/mol. The number of amides is 1. The van der Waals surface area contributed by atoms with Crippen molar-refractivity contribution in [2.45, 2.75) is 108 Å². The Kier molecular flexibility index (Phi) is 32.0. The number of allylic oxidation sites excluding steroid dienone is 2. The molecule has 1 saturated heterocycles. The number of ether oxygens (including phenoxy) is 3. The second kappa shape index (κ2) is 42.8. The van der Waals surface area contributed by atoms with Crippen molar-refractivity contribution in [1.29, 1.82) is 0 Å². The maximum absolute atomic E-state index is 14.1. The van der Waals surface area contributed by atoms with Gasteiger partial charge in [-0.05, 0) is 206 Å². The molecule has 0 radical (unpaired) electrons. The number of aromatic hydroxyl groups is 1. The molecule has 6 N–H and O–H groups in total. The summed E-state index contributed by atoms with van der Waals surface area (Å²) in [5.74, 6) is 1.28. The zero-order valence-corrected chi connectivity index (χ0v) is 76.1. The van der Waals surface area contributed by atoms with E-state index >= 15 is 0 Å². The van der Waals surface area contributed by atoms with E-state index in [1.165, 1.54) is 88.1 Å². The molecule has 130 heavy (non-hydrogen) atoms. The predicted octanol–water partition coefficient (Wildman–Crippen LogP) is 19.0. The van der Waals surface area contributed by atoms with Crippen molar-refractivity contribution in [3.63, 3.8) is 0 Å².